The van der Waals surface area contributed by atoms with Crippen LogP contribution in [0.25, 0.3) is 11.3 Å². The first kappa shape index (κ1) is 20.7. The van der Waals surface area contributed by atoms with Gasteiger partial charge < -0.3 is 9.64 Å². The average Bonchev–Trinajstić information content (AvgIpc) is 3.47. The van der Waals surface area contributed by atoms with Crippen LogP contribution in [0.3, 0.4) is 0 Å². The molecule has 166 valence electrons. The zero-order valence-corrected chi connectivity index (χ0v) is 18.5. The largest absolute Gasteiger partial charge is 0.379 e. The van der Waals surface area contributed by atoms with E-state index in [-0.39, 0.29) is 5.41 Å². The highest BCUT2D eigenvalue weighted by atomic mass is 16.5. The maximum Gasteiger partial charge on any atom is 0.230 e. The molecule has 0 saturated carbocycles. The van der Waals surface area contributed by atoms with Crippen molar-refractivity contribution >= 4 is 5.91 Å². The Labute approximate surface area is 184 Å². The molecule has 7 heteroatoms. The van der Waals surface area contributed by atoms with Crippen LogP contribution < -0.4 is 0 Å². The van der Waals surface area contributed by atoms with Gasteiger partial charge >= 0.3 is 0 Å². The molecule has 1 unspecified atom stereocenters. The molecule has 1 spiro atoms. The van der Waals surface area contributed by atoms with Crippen LogP contribution in [0.2, 0.25) is 0 Å². The van der Waals surface area contributed by atoms with Crippen LogP contribution in [-0.4, -0.2) is 89.4 Å². The van der Waals surface area contributed by atoms with Crippen LogP contribution in [0.5, 0.6) is 0 Å². The minimum Gasteiger partial charge on any atom is -0.379 e. The van der Waals surface area contributed by atoms with Gasteiger partial charge in [-0.2, -0.15) is 5.10 Å². The molecule has 1 aromatic carbocycles. The van der Waals surface area contributed by atoms with Gasteiger partial charge in [0.1, 0.15) is 0 Å². The van der Waals surface area contributed by atoms with Crippen LogP contribution in [-0.2, 0) is 23.1 Å². The molecule has 3 saturated heterocycles. The molecule has 2 aromatic rings. The predicted octanol–water partition coefficient (Wildman–Crippen LogP) is 1.84. The van der Waals surface area contributed by atoms with Gasteiger partial charge in [-0.3, -0.25) is 19.3 Å². The summed E-state index contributed by atoms with van der Waals surface area (Å²) in [6, 6.07) is 10.4. The maximum atomic E-state index is 13.3. The van der Waals surface area contributed by atoms with Crippen LogP contribution in [0.1, 0.15) is 18.4 Å². The van der Waals surface area contributed by atoms with Crippen molar-refractivity contribution in [1.82, 2.24) is 24.5 Å². The Morgan fingerprint density at radius 3 is 2.58 bits per heavy atom. The number of likely N-dealkylation sites (tertiary alicyclic amines) is 2. The molecule has 1 atom stereocenters. The van der Waals surface area contributed by atoms with Gasteiger partial charge in [-0.05, 0) is 19.4 Å². The lowest BCUT2D eigenvalue weighted by Crippen LogP contribution is -2.43. The molecule has 0 radical (unpaired) electrons. The van der Waals surface area contributed by atoms with Crippen LogP contribution in [0.4, 0.5) is 0 Å². The number of aromatic nitrogens is 2. The fourth-order valence-corrected chi connectivity index (χ4v) is 5.40. The summed E-state index contributed by atoms with van der Waals surface area (Å²) in [5.41, 5.74) is 3.26. The Morgan fingerprint density at radius 1 is 1.00 bits per heavy atom. The van der Waals surface area contributed by atoms with Gasteiger partial charge in [-0.1, -0.05) is 30.3 Å². The quantitative estimate of drug-likeness (QED) is 0.710. The van der Waals surface area contributed by atoms with E-state index in [1.165, 1.54) is 5.56 Å². The third kappa shape index (κ3) is 4.27. The summed E-state index contributed by atoms with van der Waals surface area (Å²) < 4.78 is 7.33. The van der Waals surface area contributed by atoms with Gasteiger partial charge in [0.2, 0.25) is 5.91 Å². The molecule has 3 fully saturated rings. The second-order valence-electron chi connectivity index (χ2n) is 9.28. The number of amides is 1. The molecular weight excluding hydrogens is 390 g/mol. The number of ether oxygens (including phenoxy) is 1. The van der Waals surface area contributed by atoms with Crippen molar-refractivity contribution in [3.63, 3.8) is 0 Å². The number of hydrogen-bond donors (Lipinski definition) is 0. The molecule has 3 aliphatic rings. The molecule has 7 nitrogen and oxygen atoms in total. The average molecular weight is 424 g/mol. The number of nitrogens with zero attached hydrogens (tertiary/aromatic N) is 5. The smallest absolute Gasteiger partial charge is 0.230 e. The van der Waals surface area contributed by atoms with Crippen molar-refractivity contribution in [2.75, 3.05) is 59.0 Å². The number of carbonyl (C=O) groups is 1. The summed E-state index contributed by atoms with van der Waals surface area (Å²) in [5.74, 6) is 0.373. The lowest BCUT2D eigenvalue weighted by molar-refractivity contribution is -0.135. The van der Waals surface area contributed by atoms with E-state index in [4.69, 9.17) is 9.84 Å². The van der Waals surface area contributed by atoms with Gasteiger partial charge in [-0.25, -0.2) is 0 Å². The lowest BCUT2D eigenvalue weighted by atomic mass is 9.85. The highest BCUT2D eigenvalue weighted by Crippen LogP contribution is 2.41. The maximum absolute atomic E-state index is 13.3. The van der Waals surface area contributed by atoms with Gasteiger partial charge in [0.25, 0.3) is 0 Å². The molecule has 0 N–H and O–H groups in total. The minimum absolute atomic E-state index is 0.180. The monoisotopic (exact) mass is 423 g/mol. The van der Waals surface area contributed by atoms with Crippen molar-refractivity contribution in [2.45, 2.75) is 19.4 Å². The molecule has 4 heterocycles. The van der Waals surface area contributed by atoms with E-state index in [0.29, 0.717) is 5.91 Å². The molecule has 0 aliphatic carbocycles. The number of carbonyl (C=O) groups excluding carboxylic acids is 1. The third-order valence-electron chi connectivity index (χ3n) is 7.17. The van der Waals surface area contributed by atoms with Crippen molar-refractivity contribution in [3.05, 3.63) is 42.1 Å². The van der Waals surface area contributed by atoms with Crippen molar-refractivity contribution in [1.29, 1.82) is 0 Å². The summed E-state index contributed by atoms with van der Waals surface area (Å²) in [5, 5.41) is 4.71. The number of rotatable bonds is 6. The summed E-state index contributed by atoms with van der Waals surface area (Å²) in [6.45, 7) is 8.99. The minimum atomic E-state index is -0.180. The first-order valence-electron chi connectivity index (χ1n) is 11.5. The van der Waals surface area contributed by atoms with E-state index >= 15 is 0 Å². The Morgan fingerprint density at radius 2 is 1.77 bits per heavy atom. The van der Waals surface area contributed by atoms with Crippen LogP contribution in [0, 0.1) is 5.41 Å². The highest BCUT2D eigenvalue weighted by Gasteiger charge is 2.50. The number of hydrogen-bond acceptors (Lipinski definition) is 5. The van der Waals surface area contributed by atoms with Gasteiger partial charge in [0.15, 0.2) is 0 Å². The first-order chi connectivity index (χ1) is 15.1. The molecule has 3 aliphatic heterocycles. The number of benzene rings is 1. The molecule has 0 bridgehead atoms. The van der Waals surface area contributed by atoms with Gasteiger partial charge in [0, 0.05) is 70.2 Å². The van der Waals surface area contributed by atoms with E-state index in [0.717, 1.165) is 89.7 Å². The van der Waals surface area contributed by atoms with Crippen molar-refractivity contribution in [3.8, 4) is 11.3 Å². The standard InChI is InChI=1S/C24H33N5O2/c1-26-17-21(22(25-26)20-5-3-2-4-6-20)18-28-9-7-24(19-28)8-10-29(23(24)30)12-11-27-13-15-31-16-14-27/h2-6,17H,7-16,18-19H2,1H3. The van der Waals surface area contributed by atoms with E-state index < -0.39 is 0 Å². The van der Waals surface area contributed by atoms with Crippen LogP contribution >= 0.6 is 0 Å². The van der Waals surface area contributed by atoms with E-state index in [1.54, 1.807) is 0 Å². The second-order valence-corrected chi connectivity index (χ2v) is 9.28. The summed E-state index contributed by atoms with van der Waals surface area (Å²) in [4.78, 5) is 20.3. The zero-order chi connectivity index (χ0) is 21.3. The third-order valence-corrected chi connectivity index (χ3v) is 7.17. The van der Waals surface area contributed by atoms with E-state index in [1.807, 2.05) is 17.8 Å². The van der Waals surface area contributed by atoms with E-state index in [2.05, 4.69) is 45.2 Å². The fourth-order valence-electron chi connectivity index (χ4n) is 5.40. The Bertz CT molecular complexity index is 908. The molecular formula is C24H33N5O2. The normalized spacial score (nSPS) is 25.2. The zero-order valence-electron chi connectivity index (χ0n) is 18.5. The second kappa shape index (κ2) is 8.73. The van der Waals surface area contributed by atoms with Crippen molar-refractivity contribution < 1.29 is 9.53 Å². The molecule has 1 amide bonds. The van der Waals surface area contributed by atoms with E-state index in [9.17, 15) is 4.79 Å². The molecule has 1 aromatic heterocycles. The van der Waals surface area contributed by atoms with Gasteiger partial charge in [-0.15, -0.1) is 0 Å². The van der Waals surface area contributed by atoms with Crippen molar-refractivity contribution in [2.24, 2.45) is 12.5 Å². The molecule has 5 rings (SSSR count). The summed E-state index contributed by atoms with van der Waals surface area (Å²) >= 11 is 0. The predicted molar refractivity (Wildman–Crippen MR) is 119 cm³/mol. The summed E-state index contributed by atoms with van der Waals surface area (Å²) in [6.07, 6.45) is 4.09. The number of morpholine rings is 1. The Balaban J connectivity index is 1.21. The molecule has 31 heavy (non-hydrogen) atoms. The topological polar surface area (TPSA) is 53.8 Å². The fraction of sp³-hybridized carbons (Fsp3) is 0.583. The lowest BCUT2D eigenvalue weighted by Gasteiger charge is -2.29. The Hall–Kier alpha value is -2.22. The van der Waals surface area contributed by atoms with Gasteiger partial charge in [0.05, 0.1) is 24.3 Å². The van der Waals surface area contributed by atoms with Crippen LogP contribution in [0.15, 0.2) is 36.5 Å². The SMILES string of the molecule is Cn1cc(CN2CCC3(CCN(CCN4CCOCC4)C3=O)C2)c(-c2ccccc2)n1. The Kier molecular flexibility index (Phi) is 5.82. The number of aryl methyl sites for hydroxylation is 1. The summed E-state index contributed by atoms with van der Waals surface area (Å²) in [7, 11) is 1.98. The highest BCUT2D eigenvalue weighted by molar-refractivity contribution is 5.85. The first-order valence-corrected chi connectivity index (χ1v) is 11.5.